The van der Waals surface area contributed by atoms with E-state index in [1.54, 1.807) is 0 Å². The van der Waals surface area contributed by atoms with Crippen LogP contribution in [0.2, 0.25) is 0 Å². The Morgan fingerprint density at radius 3 is 3.00 bits per heavy atom. The molecule has 10 heavy (non-hydrogen) atoms. The largest absolute Gasteiger partial charge is 0.326 e. The molecule has 1 aliphatic heterocycles. The summed E-state index contributed by atoms with van der Waals surface area (Å²) in [6, 6.07) is 0. The standard InChI is InChI=1S/C5H8N2O2S/c6-4-8-9-7-3-1-2-5(7)10/h5,10H,1-3H2. The molecule has 0 bridgehead atoms. The average molecular weight is 160 g/mol. The first-order valence-corrected chi connectivity index (χ1v) is 3.53. The van der Waals surface area contributed by atoms with E-state index < -0.39 is 0 Å². The molecule has 4 nitrogen and oxygen atoms in total. The minimum Gasteiger partial charge on any atom is -0.235 e. The fraction of sp³-hybridized carbons (Fsp3) is 0.800. The zero-order valence-corrected chi connectivity index (χ0v) is 6.25. The van der Waals surface area contributed by atoms with Crippen molar-refractivity contribution in [1.29, 1.82) is 5.26 Å². The molecule has 1 unspecified atom stereocenters. The van der Waals surface area contributed by atoms with E-state index in [-0.39, 0.29) is 5.37 Å². The third kappa shape index (κ3) is 1.77. The van der Waals surface area contributed by atoms with Crippen LogP contribution < -0.4 is 0 Å². The molecule has 0 amide bonds. The molecule has 5 heteroatoms. The first kappa shape index (κ1) is 7.66. The summed E-state index contributed by atoms with van der Waals surface area (Å²) in [5.41, 5.74) is 0. The van der Waals surface area contributed by atoms with Crippen molar-refractivity contribution in [2.75, 3.05) is 6.54 Å². The predicted molar refractivity (Wildman–Crippen MR) is 36.5 cm³/mol. The van der Waals surface area contributed by atoms with Crippen LogP contribution in [0, 0.1) is 11.5 Å². The summed E-state index contributed by atoms with van der Waals surface area (Å²) >= 11 is 4.17. The maximum absolute atomic E-state index is 7.96. The first-order chi connectivity index (χ1) is 4.84. The van der Waals surface area contributed by atoms with Crippen molar-refractivity contribution in [2.24, 2.45) is 0 Å². The van der Waals surface area contributed by atoms with Crippen LogP contribution in [0.3, 0.4) is 0 Å². The van der Waals surface area contributed by atoms with Gasteiger partial charge in [-0.15, -0.1) is 10.3 Å². The quantitative estimate of drug-likeness (QED) is 0.279. The lowest BCUT2D eigenvalue weighted by atomic mass is 10.4. The monoisotopic (exact) mass is 160 g/mol. The van der Waals surface area contributed by atoms with E-state index in [0.717, 1.165) is 19.4 Å². The lowest BCUT2D eigenvalue weighted by molar-refractivity contribution is -0.387. The summed E-state index contributed by atoms with van der Waals surface area (Å²) in [6.45, 7) is 0.774. The van der Waals surface area contributed by atoms with Gasteiger partial charge in [0.2, 0.25) is 0 Å². The van der Waals surface area contributed by atoms with Gasteiger partial charge in [0.1, 0.15) is 0 Å². The number of rotatable bonds is 2. The molecule has 0 N–H and O–H groups in total. The van der Waals surface area contributed by atoms with Crippen molar-refractivity contribution in [3.8, 4) is 6.26 Å². The van der Waals surface area contributed by atoms with Crippen LogP contribution in [0.5, 0.6) is 0 Å². The molecule has 1 aliphatic rings. The number of nitriles is 1. The number of nitrogens with zero attached hydrogens (tertiary/aromatic N) is 2. The summed E-state index contributed by atoms with van der Waals surface area (Å²) < 4.78 is 0. The molecule has 1 rings (SSSR count). The van der Waals surface area contributed by atoms with Crippen molar-refractivity contribution in [3.05, 3.63) is 0 Å². The molecule has 1 fully saturated rings. The van der Waals surface area contributed by atoms with Gasteiger partial charge in [-0.25, -0.2) is 4.89 Å². The molecule has 1 heterocycles. The smallest absolute Gasteiger partial charge is 0.235 e. The van der Waals surface area contributed by atoms with Gasteiger partial charge in [-0.3, -0.25) is 0 Å². The van der Waals surface area contributed by atoms with Gasteiger partial charge in [0.25, 0.3) is 0 Å². The molecule has 56 valence electrons. The predicted octanol–water partition coefficient (Wildman–Crippen LogP) is 0.682. The molecular weight excluding hydrogens is 152 g/mol. The second-order valence-electron chi connectivity index (χ2n) is 2.01. The van der Waals surface area contributed by atoms with E-state index in [4.69, 9.17) is 5.26 Å². The van der Waals surface area contributed by atoms with E-state index >= 15 is 0 Å². The van der Waals surface area contributed by atoms with E-state index in [2.05, 4.69) is 22.5 Å². The van der Waals surface area contributed by atoms with Gasteiger partial charge in [-0.05, 0) is 12.8 Å². The van der Waals surface area contributed by atoms with Crippen LogP contribution in [-0.4, -0.2) is 17.0 Å². The topological polar surface area (TPSA) is 45.5 Å². The molecule has 0 saturated carbocycles. The summed E-state index contributed by atoms with van der Waals surface area (Å²) in [5, 5.41) is 9.56. The second-order valence-corrected chi connectivity index (χ2v) is 2.61. The summed E-state index contributed by atoms with van der Waals surface area (Å²) in [5.74, 6) is 0. The Hall–Kier alpha value is -0.440. The Labute approximate surface area is 64.6 Å². The van der Waals surface area contributed by atoms with E-state index in [1.807, 2.05) is 0 Å². The molecule has 0 aromatic carbocycles. The SMILES string of the molecule is N#COON1CCCC1S. The van der Waals surface area contributed by atoms with Crippen molar-refractivity contribution >= 4 is 12.6 Å². The summed E-state index contributed by atoms with van der Waals surface area (Å²) in [7, 11) is 0. The fourth-order valence-corrected chi connectivity index (χ4v) is 1.21. The number of hydrogen-bond acceptors (Lipinski definition) is 5. The Bertz CT molecular complexity index is 147. The number of thiol groups is 1. The molecule has 0 aromatic heterocycles. The van der Waals surface area contributed by atoms with Crippen molar-refractivity contribution < 1.29 is 9.88 Å². The maximum atomic E-state index is 7.96. The van der Waals surface area contributed by atoms with Gasteiger partial charge in [-0.1, -0.05) is 4.99 Å². The number of hydroxylamine groups is 2. The Balaban J connectivity index is 2.21. The Morgan fingerprint density at radius 1 is 1.70 bits per heavy atom. The minimum absolute atomic E-state index is 0.0633. The van der Waals surface area contributed by atoms with Crippen LogP contribution in [0.25, 0.3) is 0 Å². The highest BCUT2D eigenvalue weighted by molar-refractivity contribution is 7.80. The molecule has 0 spiro atoms. The van der Waals surface area contributed by atoms with Gasteiger partial charge < -0.3 is 0 Å². The zero-order valence-electron chi connectivity index (χ0n) is 5.36. The highest BCUT2D eigenvalue weighted by Gasteiger charge is 2.22. The lowest BCUT2D eigenvalue weighted by Crippen LogP contribution is -2.24. The molecule has 0 radical (unpaired) electrons. The first-order valence-electron chi connectivity index (χ1n) is 3.02. The van der Waals surface area contributed by atoms with Crippen molar-refractivity contribution in [2.45, 2.75) is 18.2 Å². The van der Waals surface area contributed by atoms with Gasteiger partial charge in [-0.2, -0.15) is 12.6 Å². The lowest BCUT2D eigenvalue weighted by Gasteiger charge is -2.13. The van der Waals surface area contributed by atoms with E-state index in [9.17, 15) is 0 Å². The summed E-state index contributed by atoms with van der Waals surface area (Å²) in [4.78, 5) is 8.63. The molecule has 0 aliphatic carbocycles. The molecule has 1 atom stereocenters. The minimum atomic E-state index is 0.0633. The van der Waals surface area contributed by atoms with Crippen molar-refractivity contribution in [3.63, 3.8) is 0 Å². The summed E-state index contributed by atoms with van der Waals surface area (Å²) in [6.07, 6.45) is 3.42. The normalized spacial score (nSPS) is 26.2. The van der Waals surface area contributed by atoms with Crippen LogP contribution >= 0.6 is 12.6 Å². The maximum Gasteiger partial charge on any atom is 0.326 e. The van der Waals surface area contributed by atoms with E-state index in [0.29, 0.717) is 0 Å². The molecule has 0 aromatic rings. The fourth-order valence-electron chi connectivity index (χ4n) is 0.874. The van der Waals surface area contributed by atoms with E-state index in [1.165, 1.54) is 11.3 Å². The van der Waals surface area contributed by atoms with Crippen LogP contribution in [0.1, 0.15) is 12.8 Å². The van der Waals surface area contributed by atoms with Gasteiger partial charge >= 0.3 is 6.26 Å². The molecular formula is C5H8N2O2S. The zero-order chi connectivity index (χ0) is 7.40. The van der Waals surface area contributed by atoms with Crippen LogP contribution in [0.4, 0.5) is 0 Å². The highest BCUT2D eigenvalue weighted by atomic mass is 32.1. The molecule has 1 saturated heterocycles. The Kier molecular flexibility index (Phi) is 2.81. The van der Waals surface area contributed by atoms with Crippen molar-refractivity contribution in [1.82, 2.24) is 5.06 Å². The third-order valence-electron chi connectivity index (χ3n) is 1.34. The van der Waals surface area contributed by atoms with Crippen LogP contribution in [0.15, 0.2) is 0 Å². The van der Waals surface area contributed by atoms with Gasteiger partial charge in [0, 0.05) is 6.54 Å². The second kappa shape index (κ2) is 3.66. The van der Waals surface area contributed by atoms with Gasteiger partial charge in [0.15, 0.2) is 0 Å². The average Bonchev–Trinajstić information content (AvgIpc) is 2.31. The van der Waals surface area contributed by atoms with Crippen LogP contribution in [-0.2, 0) is 9.88 Å². The highest BCUT2D eigenvalue weighted by Crippen LogP contribution is 2.19. The third-order valence-corrected chi connectivity index (χ3v) is 1.86. The Morgan fingerprint density at radius 2 is 2.50 bits per heavy atom. The number of hydrogen-bond donors (Lipinski definition) is 1. The van der Waals surface area contributed by atoms with Gasteiger partial charge in [0.05, 0.1) is 5.37 Å².